The molecule has 2 fully saturated rings. The van der Waals surface area contributed by atoms with Crippen molar-refractivity contribution in [1.29, 1.82) is 0 Å². The molecule has 2 saturated heterocycles. The maximum absolute atomic E-state index is 12.0. The van der Waals surface area contributed by atoms with Crippen molar-refractivity contribution in [2.45, 2.75) is 24.9 Å². The lowest BCUT2D eigenvalue weighted by molar-refractivity contribution is 0.157. The molecule has 118 valence electrons. The highest BCUT2D eigenvalue weighted by molar-refractivity contribution is 7.91. The molecule has 0 radical (unpaired) electrons. The molecule has 7 heteroatoms. The van der Waals surface area contributed by atoms with Crippen molar-refractivity contribution in [3.63, 3.8) is 0 Å². The van der Waals surface area contributed by atoms with Crippen LogP contribution in [0.4, 0.5) is 0 Å². The maximum atomic E-state index is 12.0. The molecule has 1 aromatic rings. The van der Waals surface area contributed by atoms with Gasteiger partial charge in [0.05, 0.1) is 23.7 Å². The van der Waals surface area contributed by atoms with Crippen LogP contribution in [0.2, 0.25) is 0 Å². The summed E-state index contributed by atoms with van der Waals surface area (Å²) >= 11 is 0. The Hall–Kier alpha value is -0.920. The molecule has 0 spiro atoms. The highest BCUT2D eigenvalue weighted by atomic mass is 32.2. The van der Waals surface area contributed by atoms with Crippen molar-refractivity contribution < 1.29 is 8.42 Å². The van der Waals surface area contributed by atoms with Gasteiger partial charge in [0.15, 0.2) is 9.84 Å². The number of likely N-dealkylation sites (tertiary alicyclic amines) is 1. The van der Waals surface area contributed by atoms with Crippen LogP contribution in [0.25, 0.3) is 0 Å². The Balaban J connectivity index is 1.79. The molecule has 3 rings (SSSR count). The third-order valence-corrected chi connectivity index (χ3v) is 6.40. The molecule has 3 heterocycles. The fourth-order valence-electron chi connectivity index (χ4n) is 3.46. The highest BCUT2D eigenvalue weighted by Gasteiger charge is 2.35. The maximum Gasteiger partial charge on any atom is 0.153 e. The summed E-state index contributed by atoms with van der Waals surface area (Å²) in [5.74, 6) is 0.495. The number of hydrogen-bond acceptors (Lipinski definition) is 5. The summed E-state index contributed by atoms with van der Waals surface area (Å²) in [6, 6.07) is 0.497. The first-order valence-corrected chi connectivity index (χ1v) is 9.40. The number of nitrogens with zero attached hydrogens (tertiary/aromatic N) is 4. The molecule has 2 aliphatic rings. The van der Waals surface area contributed by atoms with Crippen LogP contribution in [-0.2, 0) is 16.9 Å². The van der Waals surface area contributed by atoms with E-state index in [9.17, 15) is 8.42 Å². The summed E-state index contributed by atoms with van der Waals surface area (Å²) in [5, 5.41) is 4.21. The number of hydrogen-bond donors (Lipinski definition) is 0. The first-order valence-electron chi connectivity index (χ1n) is 7.58. The number of aromatic nitrogens is 2. The van der Waals surface area contributed by atoms with E-state index in [0.29, 0.717) is 12.6 Å². The molecule has 0 saturated carbocycles. The van der Waals surface area contributed by atoms with E-state index in [4.69, 9.17) is 0 Å². The van der Waals surface area contributed by atoms with E-state index < -0.39 is 9.84 Å². The van der Waals surface area contributed by atoms with Crippen LogP contribution in [-0.4, -0.2) is 72.2 Å². The van der Waals surface area contributed by atoms with Crippen molar-refractivity contribution in [1.82, 2.24) is 19.6 Å². The Kier molecular flexibility index (Phi) is 4.07. The van der Waals surface area contributed by atoms with E-state index in [-0.39, 0.29) is 17.5 Å². The fraction of sp³-hybridized carbons (Fsp3) is 0.786. The first-order chi connectivity index (χ1) is 9.94. The summed E-state index contributed by atoms with van der Waals surface area (Å²) in [6.45, 7) is 2.73. The number of sulfone groups is 1. The van der Waals surface area contributed by atoms with Crippen LogP contribution in [0.1, 0.15) is 24.4 Å². The van der Waals surface area contributed by atoms with Crippen molar-refractivity contribution in [3.05, 3.63) is 18.0 Å². The fourth-order valence-corrected chi connectivity index (χ4v) is 5.02. The molecule has 0 amide bonds. The van der Waals surface area contributed by atoms with Gasteiger partial charge in [0.1, 0.15) is 0 Å². The Morgan fingerprint density at radius 3 is 2.76 bits per heavy atom. The molecule has 2 atom stereocenters. The molecule has 1 aromatic heterocycles. The minimum atomic E-state index is -2.94. The van der Waals surface area contributed by atoms with Gasteiger partial charge in [0, 0.05) is 37.9 Å². The normalized spacial score (nSPS) is 30.8. The zero-order valence-corrected chi connectivity index (χ0v) is 13.6. The Morgan fingerprint density at radius 2 is 2.14 bits per heavy atom. The van der Waals surface area contributed by atoms with Gasteiger partial charge in [0.2, 0.25) is 0 Å². The van der Waals surface area contributed by atoms with E-state index in [2.05, 4.69) is 21.9 Å². The van der Waals surface area contributed by atoms with Gasteiger partial charge in [-0.2, -0.15) is 5.10 Å². The Morgan fingerprint density at radius 1 is 1.33 bits per heavy atom. The predicted octanol–water partition coefficient (Wildman–Crippen LogP) is 0.286. The third kappa shape index (κ3) is 3.30. The van der Waals surface area contributed by atoms with Gasteiger partial charge >= 0.3 is 0 Å². The SMILES string of the molecule is CN1CCC[C@@H]1CN1CCS(=O)(=O)CC1c1cnn(C)c1. The smallest absolute Gasteiger partial charge is 0.153 e. The van der Waals surface area contributed by atoms with E-state index >= 15 is 0 Å². The molecule has 21 heavy (non-hydrogen) atoms. The van der Waals surface area contributed by atoms with E-state index in [1.807, 2.05) is 13.2 Å². The molecule has 2 aliphatic heterocycles. The average molecular weight is 312 g/mol. The predicted molar refractivity (Wildman–Crippen MR) is 81.8 cm³/mol. The van der Waals surface area contributed by atoms with Crippen molar-refractivity contribution in [2.75, 3.05) is 38.2 Å². The molecule has 0 N–H and O–H groups in total. The number of likely N-dealkylation sites (N-methyl/N-ethyl adjacent to an activating group) is 1. The second-order valence-corrected chi connectivity index (χ2v) is 8.58. The lowest BCUT2D eigenvalue weighted by Gasteiger charge is -2.37. The monoisotopic (exact) mass is 312 g/mol. The quantitative estimate of drug-likeness (QED) is 0.803. The van der Waals surface area contributed by atoms with Crippen LogP contribution in [0, 0.1) is 0 Å². The first kappa shape index (κ1) is 15.0. The van der Waals surface area contributed by atoms with Gasteiger partial charge < -0.3 is 4.90 Å². The third-order valence-electron chi connectivity index (χ3n) is 4.77. The number of rotatable bonds is 3. The topological polar surface area (TPSA) is 58.4 Å². The standard InChI is InChI=1S/C14H24N4O2S/c1-16-5-3-4-13(16)10-18-6-7-21(19,20)11-14(18)12-8-15-17(2)9-12/h8-9,13-14H,3-7,10-11H2,1-2H3/t13-,14?/m1/s1. The average Bonchev–Trinajstić information content (AvgIpc) is 3.01. The van der Waals surface area contributed by atoms with Gasteiger partial charge in [0.25, 0.3) is 0 Å². The molecule has 0 bridgehead atoms. The largest absolute Gasteiger partial charge is 0.302 e. The van der Waals surface area contributed by atoms with E-state index in [1.165, 1.54) is 12.8 Å². The lowest BCUT2D eigenvalue weighted by atomic mass is 10.1. The lowest BCUT2D eigenvalue weighted by Crippen LogP contribution is -2.47. The summed E-state index contributed by atoms with van der Waals surface area (Å²) in [6.07, 6.45) is 6.19. The van der Waals surface area contributed by atoms with Crippen LogP contribution >= 0.6 is 0 Å². The second-order valence-electron chi connectivity index (χ2n) is 6.35. The summed E-state index contributed by atoms with van der Waals surface area (Å²) in [5.41, 5.74) is 1.02. The molecular formula is C14H24N4O2S. The highest BCUT2D eigenvalue weighted by Crippen LogP contribution is 2.28. The number of aryl methyl sites for hydroxylation is 1. The summed E-state index contributed by atoms with van der Waals surface area (Å²) in [4.78, 5) is 4.73. The molecule has 0 aliphatic carbocycles. The van der Waals surface area contributed by atoms with E-state index in [1.54, 1.807) is 10.9 Å². The summed E-state index contributed by atoms with van der Waals surface area (Å²) in [7, 11) is 1.09. The second kappa shape index (κ2) is 5.70. The molecular weight excluding hydrogens is 288 g/mol. The molecule has 1 unspecified atom stereocenters. The Labute approximate surface area is 126 Å². The van der Waals surface area contributed by atoms with Gasteiger partial charge in [-0.25, -0.2) is 8.42 Å². The van der Waals surface area contributed by atoms with Crippen molar-refractivity contribution in [3.8, 4) is 0 Å². The van der Waals surface area contributed by atoms with E-state index in [0.717, 1.165) is 18.7 Å². The minimum Gasteiger partial charge on any atom is -0.302 e. The van der Waals surface area contributed by atoms with Gasteiger partial charge in [-0.15, -0.1) is 0 Å². The van der Waals surface area contributed by atoms with Gasteiger partial charge in [-0.3, -0.25) is 9.58 Å². The van der Waals surface area contributed by atoms with Crippen LogP contribution < -0.4 is 0 Å². The van der Waals surface area contributed by atoms with Crippen LogP contribution in [0.15, 0.2) is 12.4 Å². The zero-order chi connectivity index (χ0) is 15.0. The van der Waals surface area contributed by atoms with Crippen molar-refractivity contribution >= 4 is 9.84 Å². The van der Waals surface area contributed by atoms with Crippen LogP contribution in [0.5, 0.6) is 0 Å². The Bertz CT molecular complexity index is 598. The van der Waals surface area contributed by atoms with Crippen LogP contribution in [0.3, 0.4) is 0 Å². The van der Waals surface area contributed by atoms with Gasteiger partial charge in [-0.05, 0) is 26.4 Å². The minimum absolute atomic E-state index is 0.0496. The van der Waals surface area contributed by atoms with Crippen molar-refractivity contribution in [2.24, 2.45) is 7.05 Å². The van der Waals surface area contributed by atoms with Gasteiger partial charge in [-0.1, -0.05) is 0 Å². The molecule has 6 nitrogen and oxygen atoms in total. The summed E-state index contributed by atoms with van der Waals surface area (Å²) < 4.78 is 25.8. The zero-order valence-electron chi connectivity index (χ0n) is 12.8. The molecule has 0 aromatic carbocycles.